The van der Waals surface area contributed by atoms with Crippen molar-refractivity contribution in [3.8, 4) is 0 Å². The SMILES string of the molecule is CNC(=O)N1CCC(CCC(=O)c2ccc3c(c2)CCN(Cc2ccccc2)CC3)CC1. The molecule has 32 heavy (non-hydrogen) atoms. The van der Waals surface area contributed by atoms with Gasteiger partial charge in [0, 0.05) is 51.8 Å². The van der Waals surface area contributed by atoms with Gasteiger partial charge in [0.05, 0.1) is 0 Å². The van der Waals surface area contributed by atoms with E-state index in [9.17, 15) is 9.59 Å². The molecule has 2 heterocycles. The maximum Gasteiger partial charge on any atom is 0.317 e. The van der Waals surface area contributed by atoms with Gasteiger partial charge in [0.2, 0.25) is 0 Å². The smallest absolute Gasteiger partial charge is 0.317 e. The zero-order chi connectivity index (χ0) is 22.3. The van der Waals surface area contributed by atoms with Crippen molar-refractivity contribution in [1.82, 2.24) is 15.1 Å². The number of ketones is 1. The molecule has 0 bridgehead atoms. The quantitative estimate of drug-likeness (QED) is 0.691. The van der Waals surface area contributed by atoms with Gasteiger partial charge >= 0.3 is 6.03 Å². The Morgan fingerprint density at radius 2 is 1.66 bits per heavy atom. The summed E-state index contributed by atoms with van der Waals surface area (Å²) in [6.07, 6.45) is 5.54. The minimum Gasteiger partial charge on any atom is -0.341 e. The Kier molecular flexibility index (Phi) is 7.59. The molecule has 5 nitrogen and oxygen atoms in total. The van der Waals surface area contributed by atoms with Crippen LogP contribution < -0.4 is 5.32 Å². The maximum absolute atomic E-state index is 12.9. The number of likely N-dealkylation sites (tertiary alicyclic amines) is 1. The Balaban J connectivity index is 1.28. The van der Waals surface area contributed by atoms with Crippen molar-refractivity contribution in [2.75, 3.05) is 33.2 Å². The third kappa shape index (κ3) is 5.77. The average molecular weight is 434 g/mol. The van der Waals surface area contributed by atoms with Crippen molar-refractivity contribution in [1.29, 1.82) is 0 Å². The van der Waals surface area contributed by atoms with Gasteiger partial charge in [-0.05, 0) is 60.8 Å². The molecule has 2 aliphatic rings. The average Bonchev–Trinajstić information content (AvgIpc) is 3.05. The van der Waals surface area contributed by atoms with E-state index >= 15 is 0 Å². The first-order chi connectivity index (χ1) is 15.6. The highest BCUT2D eigenvalue weighted by molar-refractivity contribution is 5.96. The minimum absolute atomic E-state index is 0.00633. The van der Waals surface area contributed by atoms with Crippen molar-refractivity contribution in [3.63, 3.8) is 0 Å². The maximum atomic E-state index is 12.9. The van der Waals surface area contributed by atoms with Gasteiger partial charge in [-0.25, -0.2) is 4.79 Å². The van der Waals surface area contributed by atoms with Crippen LogP contribution in [0.5, 0.6) is 0 Å². The summed E-state index contributed by atoms with van der Waals surface area (Å²) in [7, 11) is 1.68. The highest BCUT2D eigenvalue weighted by atomic mass is 16.2. The fraction of sp³-hybridized carbons (Fsp3) is 0.481. The first-order valence-electron chi connectivity index (χ1n) is 12.0. The number of hydrogen-bond acceptors (Lipinski definition) is 3. The van der Waals surface area contributed by atoms with Crippen LogP contribution in [0.4, 0.5) is 4.79 Å². The summed E-state index contributed by atoms with van der Waals surface area (Å²) in [5, 5.41) is 2.70. The molecule has 2 aliphatic heterocycles. The summed E-state index contributed by atoms with van der Waals surface area (Å²) < 4.78 is 0. The molecule has 0 aromatic heterocycles. The van der Waals surface area contributed by atoms with E-state index in [0.29, 0.717) is 12.3 Å². The summed E-state index contributed by atoms with van der Waals surface area (Å²) >= 11 is 0. The second kappa shape index (κ2) is 10.8. The molecule has 1 fully saturated rings. The zero-order valence-corrected chi connectivity index (χ0v) is 19.2. The summed E-state index contributed by atoms with van der Waals surface area (Å²) in [4.78, 5) is 29.0. The number of piperidine rings is 1. The Bertz CT molecular complexity index is 920. The number of carbonyl (C=O) groups is 2. The molecule has 5 heteroatoms. The number of hydrogen-bond donors (Lipinski definition) is 1. The van der Waals surface area contributed by atoms with Crippen LogP contribution in [0.1, 0.15) is 52.7 Å². The first kappa shape index (κ1) is 22.5. The number of urea groups is 1. The molecule has 2 aromatic carbocycles. The lowest BCUT2D eigenvalue weighted by Gasteiger charge is -2.31. The molecule has 0 radical (unpaired) electrons. The van der Waals surface area contributed by atoms with Gasteiger partial charge in [-0.2, -0.15) is 0 Å². The summed E-state index contributed by atoms with van der Waals surface area (Å²) in [5.74, 6) is 0.791. The molecule has 1 N–H and O–H groups in total. The van der Waals surface area contributed by atoms with Gasteiger partial charge in [0.1, 0.15) is 0 Å². The van der Waals surface area contributed by atoms with Crippen molar-refractivity contribution in [2.45, 2.75) is 45.1 Å². The molecule has 0 atom stereocenters. The highest BCUT2D eigenvalue weighted by Gasteiger charge is 2.23. The predicted molar refractivity (Wildman–Crippen MR) is 128 cm³/mol. The van der Waals surface area contributed by atoms with Crippen molar-refractivity contribution in [3.05, 3.63) is 70.8 Å². The summed E-state index contributed by atoms with van der Waals surface area (Å²) in [5.41, 5.74) is 4.95. The van der Waals surface area contributed by atoms with E-state index in [1.165, 1.54) is 16.7 Å². The molecule has 2 aromatic rings. The molecule has 2 amide bonds. The number of nitrogens with one attached hydrogen (secondary N) is 1. The summed E-state index contributed by atoms with van der Waals surface area (Å²) in [6, 6.07) is 17.0. The van der Waals surface area contributed by atoms with Crippen LogP contribution in [0.2, 0.25) is 0 Å². The third-order valence-electron chi connectivity index (χ3n) is 7.07. The van der Waals surface area contributed by atoms with Gasteiger partial charge in [0.15, 0.2) is 5.78 Å². The van der Waals surface area contributed by atoms with E-state index in [1.807, 2.05) is 11.0 Å². The molecule has 1 saturated heterocycles. The van der Waals surface area contributed by atoms with Crippen molar-refractivity contribution < 1.29 is 9.59 Å². The normalized spacial score (nSPS) is 17.5. The van der Waals surface area contributed by atoms with E-state index < -0.39 is 0 Å². The van der Waals surface area contributed by atoms with Crippen LogP contribution in [0.15, 0.2) is 48.5 Å². The zero-order valence-electron chi connectivity index (χ0n) is 19.2. The van der Waals surface area contributed by atoms with Gasteiger partial charge in [-0.1, -0.05) is 42.5 Å². The Labute approximate surface area is 191 Å². The third-order valence-corrected chi connectivity index (χ3v) is 7.07. The monoisotopic (exact) mass is 433 g/mol. The lowest BCUT2D eigenvalue weighted by atomic mass is 9.89. The number of amides is 2. The van der Waals surface area contributed by atoms with Gasteiger partial charge in [-0.3, -0.25) is 9.69 Å². The number of fused-ring (bicyclic) bond motifs is 1. The van der Waals surface area contributed by atoms with Gasteiger partial charge in [0.25, 0.3) is 0 Å². The molecular weight excluding hydrogens is 398 g/mol. The van der Waals surface area contributed by atoms with Crippen LogP contribution in [0, 0.1) is 5.92 Å². The predicted octanol–water partition coefficient (Wildman–Crippen LogP) is 4.30. The topological polar surface area (TPSA) is 52.7 Å². The van der Waals surface area contributed by atoms with Gasteiger partial charge in [-0.15, -0.1) is 0 Å². The molecule has 4 rings (SSSR count). The number of benzene rings is 2. The van der Waals surface area contributed by atoms with Gasteiger partial charge < -0.3 is 10.2 Å². The molecular formula is C27H35N3O2. The molecule has 0 aliphatic carbocycles. The molecule has 0 spiro atoms. The van der Waals surface area contributed by atoms with Crippen LogP contribution in [-0.2, 0) is 19.4 Å². The van der Waals surface area contributed by atoms with Crippen molar-refractivity contribution >= 4 is 11.8 Å². The Hall–Kier alpha value is -2.66. The van der Waals surface area contributed by atoms with Crippen LogP contribution in [0.3, 0.4) is 0 Å². The first-order valence-corrected chi connectivity index (χ1v) is 12.0. The minimum atomic E-state index is 0.00633. The standard InChI is InChI=1S/C27H35N3O2/c1-28-27(32)30-17-11-21(12-18-30)7-10-26(31)25-9-8-23-13-15-29(16-14-24(23)19-25)20-22-5-3-2-4-6-22/h2-6,8-9,19,21H,7,10-18,20H2,1H3,(H,28,32). The van der Waals surface area contributed by atoms with Crippen LogP contribution >= 0.6 is 0 Å². The lowest BCUT2D eigenvalue weighted by Crippen LogP contribution is -2.43. The number of rotatable bonds is 6. The van der Waals surface area contributed by atoms with E-state index in [4.69, 9.17) is 0 Å². The van der Waals surface area contributed by atoms with E-state index in [-0.39, 0.29) is 11.8 Å². The number of Topliss-reactive ketones (excluding diaryl/α,β-unsaturated/α-hetero) is 1. The Morgan fingerprint density at radius 1 is 0.938 bits per heavy atom. The molecule has 0 unspecified atom stereocenters. The fourth-order valence-electron chi connectivity index (χ4n) is 5.01. The van der Waals surface area contributed by atoms with Crippen molar-refractivity contribution in [2.24, 2.45) is 5.92 Å². The highest BCUT2D eigenvalue weighted by Crippen LogP contribution is 2.24. The fourth-order valence-corrected chi connectivity index (χ4v) is 5.01. The summed E-state index contributed by atoms with van der Waals surface area (Å²) in [6.45, 7) is 4.65. The van der Waals surface area contributed by atoms with E-state index in [0.717, 1.165) is 70.4 Å². The second-order valence-corrected chi connectivity index (χ2v) is 9.19. The van der Waals surface area contributed by atoms with E-state index in [2.05, 4.69) is 52.7 Å². The van der Waals surface area contributed by atoms with Crippen LogP contribution in [0.25, 0.3) is 0 Å². The molecule has 170 valence electrons. The largest absolute Gasteiger partial charge is 0.341 e. The lowest BCUT2D eigenvalue weighted by molar-refractivity contribution is 0.0964. The number of nitrogens with zero attached hydrogens (tertiary/aromatic N) is 2. The van der Waals surface area contributed by atoms with E-state index in [1.54, 1.807) is 7.05 Å². The van der Waals surface area contributed by atoms with Crippen LogP contribution in [-0.4, -0.2) is 54.8 Å². The Morgan fingerprint density at radius 3 is 2.38 bits per heavy atom. The second-order valence-electron chi connectivity index (χ2n) is 9.19. The molecule has 0 saturated carbocycles. The number of carbonyl (C=O) groups excluding carboxylic acids is 2.